The van der Waals surface area contributed by atoms with Crippen molar-refractivity contribution in [3.05, 3.63) is 10.1 Å². The van der Waals surface area contributed by atoms with Crippen molar-refractivity contribution in [2.45, 2.75) is 50.7 Å². The van der Waals surface area contributed by atoms with Crippen LogP contribution in [0.25, 0.3) is 0 Å². The number of rotatable bonds is 1. The smallest absolute Gasteiger partial charge is 0.279 e. The lowest BCUT2D eigenvalue weighted by Gasteiger charge is -2.37. The van der Waals surface area contributed by atoms with Crippen LogP contribution in [0.5, 0.6) is 0 Å². The number of nitro groups is 1. The molecule has 0 aromatic carbocycles. The Morgan fingerprint density at radius 2 is 2.19 bits per heavy atom. The van der Waals surface area contributed by atoms with E-state index in [-0.39, 0.29) is 18.1 Å². The van der Waals surface area contributed by atoms with E-state index in [1.165, 1.54) is 0 Å². The zero-order chi connectivity index (χ0) is 11.9. The third-order valence-corrected chi connectivity index (χ3v) is 4.16. The molecule has 2 saturated carbocycles. The number of Topliss-reactive ketones (excluding diaryl/α,β-unsaturated/α-hetero) is 1. The standard InChI is InChI=1S/C11H17NO4/c1-7-6-11(12(15)16)5-3-2-4-8(9(7)13)10(11)14/h7-9,13H,2-6H2,1H3/t7-,8-,9+,11+/m0/s1. The Bertz CT molecular complexity index is 330. The van der Waals surface area contributed by atoms with E-state index in [0.717, 1.165) is 6.42 Å². The number of nitrogens with zero attached hydrogens (tertiary/aromatic N) is 1. The molecule has 1 N–H and O–H groups in total. The Kier molecular flexibility index (Phi) is 2.74. The first-order valence-corrected chi connectivity index (χ1v) is 5.86. The van der Waals surface area contributed by atoms with Crippen LogP contribution in [0, 0.1) is 22.0 Å². The minimum Gasteiger partial charge on any atom is -0.392 e. The van der Waals surface area contributed by atoms with E-state index in [2.05, 4.69) is 0 Å². The zero-order valence-electron chi connectivity index (χ0n) is 9.39. The van der Waals surface area contributed by atoms with Crippen molar-refractivity contribution < 1.29 is 14.8 Å². The van der Waals surface area contributed by atoms with Gasteiger partial charge in [0.05, 0.1) is 12.0 Å². The van der Waals surface area contributed by atoms with Gasteiger partial charge in [-0.1, -0.05) is 13.3 Å². The van der Waals surface area contributed by atoms with E-state index in [0.29, 0.717) is 19.3 Å². The van der Waals surface area contributed by atoms with Gasteiger partial charge < -0.3 is 5.11 Å². The molecule has 2 fully saturated rings. The fraction of sp³-hybridized carbons (Fsp3) is 0.909. The van der Waals surface area contributed by atoms with Crippen LogP contribution in [-0.4, -0.2) is 27.5 Å². The lowest BCUT2D eigenvalue weighted by atomic mass is 9.68. The Hall–Kier alpha value is -0.970. The SMILES string of the molecule is C[C@H]1C[C@]2([N+](=O)[O-])CCCC[C@H](C2=O)[C@@H]1O. The number of ketones is 1. The van der Waals surface area contributed by atoms with Crippen molar-refractivity contribution in [1.82, 2.24) is 0 Å². The summed E-state index contributed by atoms with van der Waals surface area (Å²) in [5, 5.41) is 21.1. The van der Waals surface area contributed by atoms with E-state index in [1.807, 2.05) is 0 Å². The molecule has 2 aliphatic carbocycles. The molecule has 2 aliphatic rings. The van der Waals surface area contributed by atoms with Gasteiger partial charge in [-0.05, 0) is 18.8 Å². The second kappa shape index (κ2) is 3.80. The first-order chi connectivity index (χ1) is 7.49. The molecule has 0 heterocycles. The van der Waals surface area contributed by atoms with Gasteiger partial charge >= 0.3 is 0 Å². The molecule has 16 heavy (non-hydrogen) atoms. The van der Waals surface area contributed by atoms with Crippen LogP contribution >= 0.6 is 0 Å². The van der Waals surface area contributed by atoms with Gasteiger partial charge in [-0.15, -0.1) is 0 Å². The Labute approximate surface area is 94.0 Å². The minimum atomic E-state index is -1.40. The van der Waals surface area contributed by atoms with Gasteiger partial charge in [-0.3, -0.25) is 14.9 Å². The average Bonchev–Trinajstić information content (AvgIpc) is 2.34. The highest BCUT2D eigenvalue weighted by atomic mass is 16.6. The van der Waals surface area contributed by atoms with Gasteiger partial charge in [0.25, 0.3) is 5.54 Å². The van der Waals surface area contributed by atoms with E-state index in [4.69, 9.17) is 0 Å². The molecular weight excluding hydrogens is 210 g/mol. The van der Waals surface area contributed by atoms with Crippen LogP contribution in [-0.2, 0) is 4.79 Å². The third-order valence-electron chi connectivity index (χ3n) is 4.16. The van der Waals surface area contributed by atoms with Crippen LogP contribution in [0.2, 0.25) is 0 Å². The summed E-state index contributed by atoms with van der Waals surface area (Å²) in [6, 6.07) is 0. The molecule has 90 valence electrons. The quantitative estimate of drug-likeness (QED) is 0.538. The molecule has 5 heteroatoms. The maximum Gasteiger partial charge on any atom is 0.279 e. The number of hydrogen-bond acceptors (Lipinski definition) is 4. The van der Waals surface area contributed by atoms with Crippen molar-refractivity contribution in [3.63, 3.8) is 0 Å². The number of carbonyl (C=O) groups excluding carboxylic acids is 1. The van der Waals surface area contributed by atoms with Gasteiger partial charge in [0.2, 0.25) is 5.78 Å². The molecule has 4 atom stereocenters. The van der Waals surface area contributed by atoms with E-state index >= 15 is 0 Å². The van der Waals surface area contributed by atoms with Crippen molar-refractivity contribution in [1.29, 1.82) is 0 Å². The van der Waals surface area contributed by atoms with Crippen molar-refractivity contribution >= 4 is 5.78 Å². The minimum absolute atomic E-state index is 0.161. The van der Waals surface area contributed by atoms with Crippen LogP contribution in [0.4, 0.5) is 0 Å². The van der Waals surface area contributed by atoms with Crippen LogP contribution in [0.3, 0.4) is 0 Å². The second-order valence-electron chi connectivity index (χ2n) is 5.18. The molecule has 2 rings (SSSR count). The summed E-state index contributed by atoms with van der Waals surface area (Å²) in [5.74, 6) is -1.01. The highest BCUT2D eigenvalue weighted by molar-refractivity contribution is 5.90. The summed E-state index contributed by atoms with van der Waals surface area (Å²) < 4.78 is 0. The molecule has 0 unspecified atom stereocenters. The maximum absolute atomic E-state index is 12.1. The lowest BCUT2D eigenvalue weighted by molar-refractivity contribution is -0.558. The number of hydrogen-bond donors (Lipinski definition) is 1. The van der Waals surface area contributed by atoms with Crippen molar-refractivity contribution in [2.75, 3.05) is 0 Å². The maximum atomic E-state index is 12.1. The van der Waals surface area contributed by atoms with Crippen molar-refractivity contribution in [3.8, 4) is 0 Å². The summed E-state index contributed by atoms with van der Waals surface area (Å²) in [5.41, 5.74) is -1.40. The summed E-state index contributed by atoms with van der Waals surface area (Å²) in [4.78, 5) is 22.9. The summed E-state index contributed by atoms with van der Waals surface area (Å²) in [7, 11) is 0. The first kappa shape index (κ1) is 11.5. The molecule has 0 amide bonds. The molecule has 0 aromatic heterocycles. The largest absolute Gasteiger partial charge is 0.392 e. The van der Waals surface area contributed by atoms with E-state index in [1.54, 1.807) is 6.92 Å². The predicted octanol–water partition coefficient (Wildman–Crippen LogP) is 1.16. The van der Waals surface area contributed by atoms with Gasteiger partial charge in [0, 0.05) is 17.8 Å². The number of aliphatic hydroxyl groups excluding tert-OH is 1. The van der Waals surface area contributed by atoms with Crippen LogP contribution in [0.15, 0.2) is 0 Å². The highest BCUT2D eigenvalue weighted by Crippen LogP contribution is 2.43. The topological polar surface area (TPSA) is 80.4 Å². The van der Waals surface area contributed by atoms with E-state index in [9.17, 15) is 20.0 Å². The molecule has 0 spiro atoms. The van der Waals surface area contributed by atoms with Gasteiger partial charge in [-0.25, -0.2) is 0 Å². The average molecular weight is 227 g/mol. The van der Waals surface area contributed by atoms with Gasteiger partial charge in [0.1, 0.15) is 0 Å². The number of fused-ring (bicyclic) bond motifs is 2. The molecule has 0 aromatic rings. The normalized spacial score (nSPS) is 43.9. The monoisotopic (exact) mass is 227 g/mol. The van der Waals surface area contributed by atoms with Gasteiger partial charge in [-0.2, -0.15) is 0 Å². The van der Waals surface area contributed by atoms with E-state index < -0.39 is 22.5 Å². The molecule has 5 nitrogen and oxygen atoms in total. The molecule has 0 saturated heterocycles. The Balaban J connectivity index is 2.42. The third kappa shape index (κ3) is 1.45. The summed E-state index contributed by atoms with van der Waals surface area (Å²) in [6.45, 7) is 1.80. The van der Waals surface area contributed by atoms with Crippen LogP contribution < -0.4 is 0 Å². The summed E-state index contributed by atoms with van der Waals surface area (Å²) >= 11 is 0. The lowest BCUT2D eigenvalue weighted by Crippen LogP contribution is -2.57. The number of aliphatic hydroxyl groups is 1. The first-order valence-electron chi connectivity index (χ1n) is 5.86. The highest BCUT2D eigenvalue weighted by Gasteiger charge is 2.60. The fourth-order valence-corrected chi connectivity index (χ4v) is 3.22. The molecule has 2 bridgehead atoms. The summed E-state index contributed by atoms with van der Waals surface area (Å²) in [6.07, 6.45) is 1.94. The second-order valence-corrected chi connectivity index (χ2v) is 5.18. The Morgan fingerprint density at radius 1 is 1.50 bits per heavy atom. The zero-order valence-corrected chi connectivity index (χ0v) is 9.39. The number of carbonyl (C=O) groups is 1. The predicted molar refractivity (Wildman–Crippen MR) is 56.5 cm³/mol. The van der Waals surface area contributed by atoms with Gasteiger partial charge in [0.15, 0.2) is 0 Å². The van der Waals surface area contributed by atoms with Crippen LogP contribution in [0.1, 0.15) is 39.0 Å². The molecular formula is C11H17NO4. The molecule has 0 aliphatic heterocycles. The fourth-order valence-electron chi connectivity index (χ4n) is 3.22. The van der Waals surface area contributed by atoms with Crippen molar-refractivity contribution in [2.24, 2.45) is 11.8 Å². The molecule has 0 radical (unpaired) electrons. The Morgan fingerprint density at radius 3 is 2.81 bits per heavy atom.